The molecule has 0 fully saturated rings. The van der Waals surface area contributed by atoms with Crippen LogP contribution in [0, 0.1) is 0 Å². The number of carbonyl (C=O) groups is 1. The maximum atomic E-state index is 10.4. The molecule has 0 heterocycles. The molecule has 0 saturated heterocycles. The standard InChI is InChI=1S/C15H22O2/c1-12(2)7-5-8-13(3)9-6-10-14(4)11-15(16)17/h6-7,9-11H,5,8H2,1-4H3,(H,16,17)/b10-6+,13-9+,14-11+. The lowest BCUT2D eigenvalue weighted by atomic mass is 10.1. The van der Waals surface area contributed by atoms with Crippen molar-refractivity contribution in [2.24, 2.45) is 0 Å². The minimum atomic E-state index is -0.906. The van der Waals surface area contributed by atoms with Crippen molar-refractivity contribution < 1.29 is 9.90 Å². The van der Waals surface area contributed by atoms with Gasteiger partial charge in [-0.2, -0.15) is 0 Å². The van der Waals surface area contributed by atoms with Crippen LogP contribution in [0.15, 0.2) is 47.1 Å². The van der Waals surface area contributed by atoms with E-state index < -0.39 is 5.97 Å². The fourth-order valence-corrected chi connectivity index (χ4v) is 1.28. The van der Waals surface area contributed by atoms with Gasteiger partial charge in [0.1, 0.15) is 0 Å². The lowest BCUT2D eigenvalue weighted by Crippen LogP contribution is -1.87. The van der Waals surface area contributed by atoms with Crippen molar-refractivity contribution >= 4 is 5.97 Å². The van der Waals surface area contributed by atoms with Crippen molar-refractivity contribution in [1.29, 1.82) is 0 Å². The van der Waals surface area contributed by atoms with Gasteiger partial charge in [0.15, 0.2) is 0 Å². The van der Waals surface area contributed by atoms with E-state index in [0.717, 1.165) is 18.4 Å². The van der Waals surface area contributed by atoms with Crippen LogP contribution in [0.25, 0.3) is 0 Å². The second kappa shape index (κ2) is 8.57. The van der Waals surface area contributed by atoms with E-state index in [0.29, 0.717) is 0 Å². The van der Waals surface area contributed by atoms with Gasteiger partial charge in [-0.15, -0.1) is 0 Å². The monoisotopic (exact) mass is 234 g/mol. The minimum Gasteiger partial charge on any atom is -0.478 e. The van der Waals surface area contributed by atoms with E-state index in [9.17, 15) is 4.79 Å². The van der Waals surface area contributed by atoms with E-state index in [1.807, 2.05) is 12.2 Å². The molecule has 94 valence electrons. The van der Waals surface area contributed by atoms with Crippen LogP contribution in [0.1, 0.15) is 40.5 Å². The van der Waals surface area contributed by atoms with E-state index >= 15 is 0 Å². The van der Waals surface area contributed by atoms with E-state index in [1.54, 1.807) is 13.0 Å². The summed E-state index contributed by atoms with van der Waals surface area (Å²) >= 11 is 0. The molecule has 0 saturated carbocycles. The van der Waals surface area contributed by atoms with Crippen molar-refractivity contribution in [1.82, 2.24) is 0 Å². The highest BCUT2D eigenvalue weighted by Crippen LogP contribution is 2.07. The van der Waals surface area contributed by atoms with Gasteiger partial charge in [-0.25, -0.2) is 4.79 Å². The first-order chi connectivity index (χ1) is 7.91. The van der Waals surface area contributed by atoms with Gasteiger partial charge in [-0.1, -0.05) is 35.5 Å². The maximum Gasteiger partial charge on any atom is 0.328 e. The topological polar surface area (TPSA) is 37.3 Å². The molecule has 0 bridgehead atoms. The number of allylic oxidation sites excluding steroid dienone is 7. The van der Waals surface area contributed by atoms with Crippen molar-refractivity contribution in [3.05, 3.63) is 47.1 Å². The largest absolute Gasteiger partial charge is 0.478 e. The highest BCUT2D eigenvalue weighted by atomic mass is 16.4. The first kappa shape index (κ1) is 15.4. The molecule has 2 heteroatoms. The van der Waals surface area contributed by atoms with Gasteiger partial charge in [0.2, 0.25) is 0 Å². The van der Waals surface area contributed by atoms with Gasteiger partial charge in [0, 0.05) is 6.08 Å². The average Bonchev–Trinajstić information content (AvgIpc) is 2.15. The first-order valence-corrected chi connectivity index (χ1v) is 5.80. The molecule has 0 aliphatic rings. The number of hydrogen-bond acceptors (Lipinski definition) is 1. The van der Waals surface area contributed by atoms with Crippen molar-refractivity contribution in [3.8, 4) is 0 Å². The Kier molecular flexibility index (Phi) is 7.78. The van der Waals surface area contributed by atoms with Crippen LogP contribution >= 0.6 is 0 Å². The predicted octanol–water partition coefficient (Wildman–Crippen LogP) is 4.27. The third-order valence-electron chi connectivity index (χ3n) is 2.18. The second-order valence-electron chi connectivity index (χ2n) is 4.42. The molecular formula is C15H22O2. The highest BCUT2D eigenvalue weighted by Gasteiger charge is 1.89. The van der Waals surface area contributed by atoms with E-state index in [4.69, 9.17) is 5.11 Å². The second-order valence-corrected chi connectivity index (χ2v) is 4.42. The fraction of sp³-hybridized carbons (Fsp3) is 0.400. The Morgan fingerprint density at radius 3 is 2.35 bits per heavy atom. The maximum absolute atomic E-state index is 10.4. The lowest BCUT2D eigenvalue weighted by Gasteiger charge is -1.96. The molecular weight excluding hydrogens is 212 g/mol. The van der Waals surface area contributed by atoms with Crippen molar-refractivity contribution in [2.45, 2.75) is 40.5 Å². The summed E-state index contributed by atoms with van der Waals surface area (Å²) in [4.78, 5) is 10.4. The summed E-state index contributed by atoms with van der Waals surface area (Å²) in [7, 11) is 0. The Bertz CT molecular complexity index is 364. The summed E-state index contributed by atoms with van der Waals surface area (Å²) in [6, 6.07) is 0. The average molecular weight is 234 g/mol. The molecule has 0 aliphatic heterocycles. The Morgan fingerprint density at radius 2 is 1.82 bits per heavy atom. The van der Waals surface area contributed by atoms with E-state index in [2.05, 4.69) is 26.8 Å². The summed E-state index contributed by atoms with van der Waals surface area (Å²) in [6.45, 7) is 8.05. The van der Waals surface area contributed by atoms with Crippen molar-refractivity contribution in [2.75, 3.05) is 0 Å². The molecule has 0 aromatic rings. The van der Waals surface area contributed by atoms with Crippen LogP contribution in [0.4, 0.5) is 0 Å². The summed E-state index contributed by atoms with van der Waals surface area (Å²) in [5, 5.41) is 8.53. The molecule has 1 N–H and O–H groups in total. The van der Waals surface area contributed by atoms with Gasteiger partial charge < -0.3 is 5.11 Å². The summed E-state index contributed by atoms with van der Waals surface area (Å²) in [6.07, 6.45) is 11.2. The molecule has 0 rings (SSSR count). The van der Waals surface area contributed by atoms with Gasteiger partial charge >= 0.3 is 5.97 Å². The SMILES string of the molecule is CC(C)=CCC/C(C)=C/C=C/C(C)=C/C(=O)O. The molecule has 0 radical (unpaired) electrons. The number of rotatable bonds is 6. The molecule has 0 aromatic carbocycles. The number of hydrogen-bond donors (Lipinski definition) is 1. The number of carboxylic acids is 1. The van der Waals surface area contributed by atoms with Crippen molar-refractivity contribution in [3.63, 3.8) is 0 Å². The molecule has 0 atom stereocenters. The van der Waals surface area contributed by atoms with Gasteiger partial charge in [0.25, 0.3) is 0 Å². The fourth-order valence-electron chi connectivity index (χ4n) is 1.28. The summed E-state index contributed by atoms with van der Waals surface area (Å²) in [5.41, 5.74) is 3.38. The Morgan fingerprint density at radius 1 is 1.18 bits per heavy atom. The van der Waals surface area contributed by atoms with Crippen LogP contribution in [-0.4, -0.2) is 11.1 Å². The first-order valence-electron chi connectivity index (χ1n) is 5.80. The third-order valence-corrected chi connectivity index (χ3v) is 2.18. The molecule has 2 nitrogen and oxygen atoms in total. The lowest BCUT2D eigenvalue weighted by molar-refractivity contribution is -0.131. The summed E-state index contributed by atoms with van der Waals surface area (Å²) < 4.78 is 0. The molecule has 17 heavy (non-hydrogen) atoms. The third kappa shape index (κ3) is 10.7. The predicted molar refractivity (Wildman–Crippen MR) is 73.0 cm³/mol. The quantitative estimate of drug-likeness (QED) is 0.423. The Labute approximate surface area is 104 Å². The zero-order valence-corrected chi connectivity index (χ0v) is 11.2. The Hall–Kier alpha value is -1.57. The zero-order valence-electron chi connectivity index (χ0n) is 11.2. The molecule has 0 unspecified atom stereocenters. The smallest absolute Gasteiger partial charge is 0.328 e. The molecule has 0 spiro atoms. The van der Waals surface area contributed by atoms with Crippen LogP contribution in [0.2, 0.25) is 0 Å². The number of aliphatic carboxylic acids is 1. The van der Waals surface area contributed by atoms with Gasteiger partial charge in [-0.05, 0) is 46.1 Å². The minimum absolute atomic E-state index is 0.742. The number of carboxylic acid groups (broad SMARTS) is 1. The van der Waals surface area contributed by atoms with Crippen LogP contribution in [-0.2, 0) is 4.79 Å². The summed E-state index contributed by atoms with van der Waals surface area (Å²) in [5.74, 6) is -0.906. The molecule has 0 aliphatic carbocycles. The normalized spacial score (nSPS) is 12.9. The zero-order chi connectivity index (χ0) is 13.3. The van der Waals surface area contributed by atoms with E-state index in [1.165, 1.54) is 17.2 Å². The Balaban J connectivity index is 4.19. The molecule has 0 aromatic heterocycles. The van der Waals surface area contributed by atoms with Crippen LogP contribution in [0.5, 0.6) is 0 Å². The highest BCUT2D eigenvalue weighted by molar-refractivity contribution is 5.81. The van der Waals surface area contributed by atoms with Crippen LogP contribution < -0.4 is 0 Å². The van der Waals surface area contributed by atoms with E-state index in [-0.39, 0.29) is 0 Å². The molecule has 0 amide bonds. The van der Waals surface area contributed by atoms with Crippen LogP contribution in [0.3, 0.4) is 0 Å². The van der Waals surface area contributed by atoms with Gasteiger partial charge in [-0.3, -0.25) is 0 Å². The van der Waals surface area contributed by atoms with Gasteiger partial charge in [0.05, 0.1) is 0 Å².